The zero-order chi connectivity index (χ0) is 36.1. The van der Waals surface area contributed by atoms with Crippen molar-refractivity contribution < 1.29 is 44.4 Å². The average Bonchev–Trinajstić information content (AvgIpc) is 3.06. The number of amides is 3. The number of carbonyl (C=O) groups is 5. The molecule has 0 saturated carbocycles. The maximum absolute atomic E-state index is 13.2. The number of nitrogens with one attached hydrogen (secondary N) is 1. The van der Waals surface area contributed by atoms with Gasteiger partial charge in [0.1, 0.15) is 0 Å². The molecule has 1 unspecified atom stereocenters. The molecule has 3 amide bonds. The molecular formula is C34H44Cl2N4O9. The van der Waals surface area contributed by atoms with Crippen LogP contribution in [0.1, 0.15) is 67.3 Å². The fourth-order valence-corrected chi connectivity index (χ4v) is 6.32. The van der Waals surface area contributed by atoms with E-state index in [0.29, 0.717) is 34.7 Å². The third kappa shape index (κ3) is 11.9. The fourth-order valence-electron chi connectivity index (χ4n) is 6.02. The first-order chi connectivity index (χ1) is 23.2. The Bertz CT molecular complexity index is 1440. The summed E-state index contributed by atoms with van der Waals surface area (Å²) in [6, 6.07) is 15.7. The van der Waals surface area contributed by atoms with Crippen LogP contribution in [0.2, 0.25) is 10.0 Å². The van der Waals surface area contributed by atoms with Gasteiger partial charge in [0.2, 0.25) is 0 Å². The lowest BCUT2D eigenvalue weighted by Gasteiger charge is -2.40. The molecule has 4 rings (SSSR count). The maximum Gasteiger partial charge on any atom is 0.336 e. The molecule has 1 atom stereocenters. The van der Waals surface area contributed by atoms with Gasteiger partial charge in [-0.2, -0.15) is 0 Å². The lowest BCUT2D eigenvalue weighted by Crippen LogP contribution is -2.54. The van der Waals surface area contributed by atoms with Crippen LogP contribution in [0, 0.1) is 0 Å². The SMILES string of the molecule is CCN(CC(CCN1CCC(N2CCCNC2=O)CC1)c1ccc(Cl)c(Cl)c1)C(=O)c1ccccc1.O=C(O)CC(O)(CC(=O)O)C(=O)O. The van der Waals surface area contributed by atoms with E-state index in [1.807, 2.05) is 65.3 Å². The Morgan fingerprint density at radius 3 is 2.12 bits per heavy atom. The lowest BCUT2D eigenvalue weighted by molar-refractivity contribution is -0.170. The van der Waals surface area contributed by atoms with Crippen LogP contribution in [-0.4, -0.2) is 122 Å². The van der Waals surface area contributed by atoms with Gasteiger partial charge in [-0.1, -0.05) is 47.5 Å². The fraction of sp³-hybridized carbons (Fsp3) is 0.500. The van der Waals surface area contributed by atoms with Crippen molar-refractivity contribution in [3.8, 4) is 0 Å². The molecule has 2 saturated heterocycles. The molecule has 13 nitrogen and oxygen atoms in total. The van der Waals surface area contributed by atoms with Crippen LogP contribution in [-0.2, 0) is 14.4 Å². The van der Waals surface area contributed by atoms with Crippen LogP contribution in [0.3, 0.4) is 0 Å². The summed E-state index contributed by atoms with van der Waals surface area (Å²) < 4.78 is 0. The molecule has 268 valence electrons. The van der Waals surface area contributed by atoms with Crippen molar-refractivity contribution in [2.75, 3.05) is 45.8 Å². The lowest BCUT2D eigenvalue weighted by atomic mass is 9.93. The minimum absolute atomic E-state index is 0.0452. The summed E-state index contributed by atoms with van der Waals surface area (Å²) in [5.74, 6) is -4.84. The molecule has 0 spiro atoms. The number of likely N-dealkylation sites (N-methyl/N-ethyl adjacent to an activating group) is 1. The molecule has 2 aliphatic rings. The Morgan fingerprint density at radius 2 is 1.59 bits per heavy atom. The van der Waals surface area contributed by atoms with Crippen molar-refractivity contribution in [1.82, 2.24) is 20.0 Å². The standard InChI is InChI=1S/C28H36Cl2N4O2.C6H8O7/c1-2-33(27(35)21-7-4-3-5-8-21)20-23(22-9-10-25(29)26(30)19-22)11-16-32-17-12-24(13-18-32)34-15-6-14-31-28(34)36;7-3(8)1-6(13,5(11)12)2-4(9)10/h3-5,7-10,19,23-24H,2,6,11-18,20H2,1H3,(H,31,36);13H,1-2H2,(H,7,8)(H,9,10)(H,11,12). The number of urea groups is 1. The van der Waals surface area contributed by atoms with Gasteiger partial charge in [-0.25, -0.2) is 9.59 Å². The third-order valence-corrected chi connectivity index (χ3v) is 9.47. The molecule has 49 heavy (non-hydrogen) atoms. The number of carboxylic acid groups (broad SMARTS) is 3. The van der Waals surface area contributed by atoms with Crippen LogP contribution in [0.5, 0.6) is 0 Å². The first-order valence-electron chi connectivity index (χ1n) is 16.2. The second-order valence-electron chi connectivity index (χ2n) is 12.2. The highest BCUT2D eigenvalue weighted by Crippen LogP contribution is 2.30. The van der Waals surface area contributed by atoms with Crippen molar-refractivity contribution in [3.05, 3.63) is 69.7 Å². The molecule has 2 aromatic carbocycles. The second kappa shape index (κ2) is 18.7. The smallest absolute Gasteiger partial charge is 0.336 e. The molecule has 0 aromatic heterocycles. The van der Waals surface area contributed by atoms with E-state index in [1.54, 1.807) is 0 Å². The van der Waals surface area contributed by atoms with Crippen LogP contribution >= 0.6 is 23.2 Å². The van der Waals surface area contributed by atoms with E-state index in [1.165, 1.54) is 0 Å². The van der Waals surface area contributed by atoms with Gasteiger partial charge in [0.25, 0.3) is 5.91 Å². The number of hydrogen-bond acceptors (Lipinski definition) is 7. The first kappa shape index (κ1) is 39.5. The number of likely N-dealkylation sites (tertiary alicyclic amines) is 1. The zero-order valence-electron chi connectivity index (χ0n) is 27.4. The van der Waals surface area contributed by atoms with Gasteiger partial charge in [0, 0.05) is 56.8 Å². The number of rotatable bonds is 14. The Hall–Kier alpha value is -3.91. The van der Waals surface area contributed by atoms with Gasteiger partial charge in [0.05, 0.1) is 22.9 Å². The minimum Gasteiger partial charge on any atom is -0.481 e. The molecule has 0 bridgehead atoms. The minimum atomic E-state index is -2.74. The van der Waals surface area contributed by atoms with Gasteiger partial charge >= 0.3 is 23.9 Å². The number of aliphatic carboxylic acids is 3. The number of halogens is 2. The van der Waals surface area contributed by atoms with Crippen molar-refractivity contribution >= 4 is 53.0 Å². The summed E-state index contributed by atoms with van der Waals surface area (Å²) in [6.45, 7) is 7.80. The molecule has 5 N–H and O–H groups in total. The molecular weight excluding hydrogens is 679 g/mol. The van der Waals surface area contributed by atoms with Crippen molar-refractivity contribution in [2.45, 2.75) is 63.0 Å². The molecule has 2 aliphatic heterocycles. The second-order valence-corrected chi connectivity index (χ2v) is 13.0. The molecule has 0 aliphatic carbocycles. The molecule has 2 aromatic rings. The predicted octanol–water partition coefficient (Wildman–Crippen LogP) is 4.26. The highest BCUT2D eigenvalue weighted by molar-refractivity contribution is 6.42. The van der Waals surface area contributed by atoms with E-state index in [9.17, 15) is 24.0 Å². The summed E-state index contributed by atoms with van der Waals surface area (Å²) >= 11 is 12.6. The quantitative estimate of drug-likeness (QED) is 0.189. The molecule has 15 heteroatoms. The van der Waals surface area contributed by atoms with Crippen molar-refractivity contribution in [2.24, 2.45) is 0 Å². The number of aliphatic hydroxyl groups is 1. The zero-order valence-corrected chi connectivity index (χ0v) is 28.9. The maximum atomic E-state index is 13.2. The Balaban J connectivity index is 0.000000425. The largest absolute Gasteiger partial charge is 0.481 e. The van der Waals surface area contributed by atoms with E-state index in [-0.39, 0.29) is 17.9 Å². The number of benzene rings is 2. The summed E-state index contributed by atoms with van der Waals surface area (Å²) in [5, 5.41) is 37.9. The van der Waals surface area contributed by atoms with Gasteiger partial charge in [-0.15, -0.1) is 0 Å². The summed E-state index contributed by atoms with van der Waals surface area (Å²) in [5.41, 5.74) is -0.933. The van der Waals surface area contributed by atoms with E-state index >= 15 is 0 Å². The summed E-state index contributed by atoms with van der Waals surface area (Å²) in [6.07, 6.45) is 1.64. The normalized spacial score (nSPS) is 16.2. The molecule has 2 fully saturated rings. The average molecular weight is 724 g/mol. The monoisotopic (exact) mass is 722 g/mol. The van der Waals surface area contributed by atoms with Crippen LogP contribution in [0.15, 0.2) is 48.5 Å². The molecule has 2 heterocycles. The predicted molar refractivity (Wildman–Crippen MR) is 183 cm³/mol. The van der Waals surface area contributed by atoms with Gasteiger partial charge in [-0.3, -0.25) is 14.4 Å². The van der Waals surface area contributed by atoms with E-state index < -0.39 is 36.4 Å². The van der Waals surface area contributed by atoms with E-state index in [0.717, 1.165) is 64.0 Å². The number of carbonyl (C=O) groups excluding carboxylic acids is 2. The number of piperidine rings is 1. The van der Waals surface area contributed by atoms with Crippen LogP contribution < -0.4 is 5.32 Å². The number of carboxylic acids is 3. The van der Waals surface area contributed by atoms with E-state index in [2.05, 4.69) is 10.2 Å². The van der Waals surface area contributed by atoms with Crippen molar-refractivity contribution in [3.63, 3.8) is 0 Å². The molecule has 0 radical (unpaired) electrons. The summed E-state index contributed by atoms with van der Waals surface area (Å²) in [4.78, 5) is 62.4. The van der Waals surface area contributed by atoms with Gasteiger partial charge in [0.15, 0.2) is 5.60 Å². The van der Waals surface area contributed by atoms with Crippen LogP contribution in [0.4, 0.5) is 4.79 Å². The first-order valence-corrected chi connectivity index (χ1v) is 16.9. The highest BCUT2D eigenvalue weighted by Gasteiger charge is 2.40. The Labute approximate surface area is 295 Å². The topological polar surface area (TPSA) is 188 Å². The third-order valence-electron chi connectivity index (χ3n) is 8.74. The Kier molecular flexibility index (Phi) is 15.1. The Morgan fingerprint density at radius 1 is 0.959 bits per heavy atom. The summed E-state index contributed by atoms with van der Waals surface area (Å²) in [7, 11) is 0. The number of hydrogen-bond donors (Lipinski definition) is 5. The van der Waals surface area contributed by atoms with Crippen LogP contribution in [0.25, 0.3) is 0 Å². The highest BCUT2D eigenvalue weighted by atomic mass is 35.5. The van der Waals surface area contributed by atoms with E-state index in [4.69, 9.17) is 43.6 Å². The number of nitrogens with zero attached hydrogens (tertiary/aromatic N) is 3. The van der Waals surface area contributed by atoms with Gasteiger partial charge < -0.3 is 40.4 Å². The van der Waals surface area contributed by atoms with Gasteiger partial charge in [-0.05, 0) is 69.0 Å². The van der Waals surface area contributed by atoms with Crippen molar-refractivity contribution in [1.29, 1.82) is 0 Å².